The number of ketones is 1. The van der Waals surface area contributed by atoms with E-state index >= 15 is 0 Å². The van der Waals surface area contributed by atoms with Gasteiger partial charge in [-0.2, -0.15) is 0 Å². The first-order valence-electron chi connectivity index (χ1n) is 11.9. The molecule has 1 aromatic carbocycles. The lowest BCUT2D eigenvalue weighted by atomic mass is 10.1. The van der Waals surface area contributed by atoms with Gasteiger partial charge >= 0.3 is 0 Å². The zero-order chi connectivity index (χ0) is 27.5. The van der Waals surface area contributed by atoms with Crippen LogP contribution in [0.4, 0.5) is 5.69 Å². The molecule has 1 fully saturated rings. The molecule has 0 spiro atoms. The van der Waals surface area contributed by atoms with E-state index in [1.807, 2.05) is 20.8 Å². The zero-order valence-electron chi connectivity index (χ0n) is 21.2. The number of Topliss-reactive ketones (excluding diaryl/α,β-unsaturated/α-hetero) is 1. The normalized spacial score (nSPS) is 13.0. The average Bonchev–Trinajstić information content (AvgIpc) is 3.50. The minimum atomic E-state index is -0.741. The number of carbonyl (C=O) groups excluding carboxylic acids is 5. The van der Waals surface area contributed by atoms with Crippen molar-refractivity contribution in [2.75, 3.05) is 11.9 Å². The molecule has 12 heteroatoms. The lowest BCUT2D eigenvalue weighted by Crippen LogP contribution is -2.40. The summed E-state index contributed by atoms with van der Waals surface area (Å²) in [6, 6.07) is 4.76. The first-order valence-corrected chi connectivity index (χ1v) is 13.2. The summed E-state index contributed by atoms with van der Waals surface area (Å²) in [5.74, 6) is -2.82. The number of halogens is 1. The van der Waals surface area contributed by atoms with E-state index < -0.39 is 30.1 Å². The lowest BCUT2D eigenvalue weighted by molar-refractivity contribution is -0.137. The Morgan fingerprint density at radius 2 is 1.84 bits per heavy atom. The molecular formula is C25H32ClN5O5S. The van der Waals surface area contributed by atoms with Gasteiger partial charge in [-0.25, -0.2) is 4.98 Å². The largest absolute Gasteiger partial charge is 0.354 e. The third-order valence-corrected chi connectivity index (χ3v) is 5.96. The molecule has 1 atom stereocenters. The highest BCUT2D eigenvalue weighted by Gasteiger charge is 2.27. The van der Waals surface area contributed by atoms with Gasteiger partial charge in [-0.15, -0.1) is 11.3 Å². The maximum atomic E-state index is 12.5. The van der Waals surface area contributed by atoms with Crippen molar-refractivity contribution in [2.45, 2.75) is 65.0 Å². The molecule has 0 radical (unpaired) electrons. The van der Waals surface area contributed by atoms with Gasteiger partial charge in [-0.05, 0) is 51.8 Å². The molecule has 1 aliphatic carbocycles. The van der Waals surface area contributed by atoms with Gasteiger partial charge in [0.25, 0.3) is 11.8 Å². The van der Waals surface area contributed by atoms with Crippen LogP contribution in [0, 0.1) is 0 Å². The van der Waals surface area contributed by atoms with Crippen LogP contribution in [0.1, 0.15) is 68.9 Å². The minimum absolute atomic E-state index is 0.0524. The summed E-state index contributed by atoms with van der Waals surface area (Å²) in [6.07, 6.45) is 2.30. The van der Waals surface area contributed by atoms with Gasteiger partial charge in [0.2, 0.25) is 17.6 Å². The number of thiazole rings is 1. The van der Waals surface area contributed by atoms with E-state index in [2.05, 4.69) is 26.3 Å². The molecule has 1 aromatic heterocycles. The highest BCUT2D eigenvalue weighted by molar-refractivity contribution is 7.07. The van der Waals surface area contributed by atoms with E-state index in [9.17, 15) is 24.0 Å². The lowest BCUT2D eigenvalue weighted by Gasteiger charge is -2.14. The standard InChI is InChI=1S/C19H19ClN4O4S.C6H13NO/c1-10(15-8-29-9-22-15)17(26)24-14-5-2-11(20)6-13(14)18(27)21-7-16(25)19(28)23-12-3-4-12;1-4-6(8)7-5(2)3/h2,5-6,8-10,12H,3-4,7H2,1H3,(H,21,27)(H,23,28)(H,24,26);5H,4H2,1-3H3,(H,7,8). The van der Waals surface area contributed by atoms with Crippen molar-refractivity contribution in [1.29, 1.82) is 0 Å². The molecule has 4 amide bonds. The number of rotatable bonds is 10. The van der Waals surface area contributed by atoms with Crippen LogP contribution in [0.2, 0.25) is 5.02 Å². The number of amides is 4. The maximum Gasteiger partial charge on any atom is 0.289 e. The Morgan fingerprint density at radius 3 is 2.38 bits per heavy atom. The molecule has 0 bridgehead atoms. The topological polar surface area (TPSA) is 146 Å². The Labute approximate surface area is 224 Å². The predicted octanol–water partition coefficient (Wildman–Crippen LogP) is 3.04. The second-order valence-corrected chi connectivity index (χ2v) is 9.90. The van der Waals surface area contributed by atoms with Crippen LogP contribution in [0.25, 0.3) is 0 Å². The van der Waals surface area contributed by atoms with E-state index in [0.29, 0.717) is 17.1 Å². The number of nitrogens with zero attached hydrogens (tertiary/aromatic N) is 1. The minimum Gasteiger partial charge on any atom is -0.354 e. The number of anilines is 1. The summed E-state index contributed by atoms with van der Waals surface area (Å²) in [5.41, 5.74) is 2.59. The van der Waals surface area contributed by atoms with E-state index in [1.165, 1.54) is 29.5 Å². The van der Waals surface area contributed by atoms with Gasteiger partial charge in [0, 0.05) is 28.9 Å². The second-order valence-electron chi connectivity index (χ2n) is 8.74. The molecule has 10 nitrogen and oxygen atoms in total. The molecule has 2 aromatic rings. The third-order valence-electron chi connectivity index (χ3n) is 5.12. The summed E-state index contributed by atoms with van der Waals surface area (Å²) in [4.78, 5) is 63.3. The first-order chi connectivity index (χ1) is 17.5. The van der Waals surface area contributed by atoms with Crippen LogP contribution in [-0.4, -0.2) is 53.0 Å². The molecule has 4 N–H and O–H groups in total. The van der Waals surface area contributed by atoms with Crippen molar-refractivity contribution >= 4 is 58.0 Å². The molecule has 0 aliphatic heterocycles. The fraction of sp³-hybridized carbons (Fsp3) is 0.440. The zero-order valence-corrected chi connectivity index (χ0v) is 22.8. The molecule has 1 unspecified atom stereocenters. The van der Waals surface area contributed by atoms with Crippen LogP contribution in [-0.2, 0) is 19.2 Å². The van der Waals surface area contributed by atoms with Gasteiger partial charge in [0.1, 0.15) is 0 Å². The van der Waals surface area contributed by atoms with Gasteiger partial charge < -0.3 is 21.3 Å². The summed E-state index contributed by atoms with van der Waals surface area (Å²) in [7, 11) is 0. The fourth-order valence-electron chi connectivity index (χ4n) is 2.88. The molecular weight excluding hydrogens is 518 g/mol. The highest BCUT2D eigenvalue weighted by Crippen LogP contribution is 2.23. The number of aromatic nitrogens is 1. The van der Waals surface area contributed by atoms with Crippen molar-refractivity contribution in [2.24, 2.45) is 0 Å². The molecule has 1 saturated carbocycles. The summed E-state index contributed by atoms with van der Waals surface area (Å²) >= 11 is 7.37. The molecule has 1 aliphatic rings. The van der Waals surface area contributed by atoms with Crippen molar-refractivity contribution in [3.8, 4) is 0 Å². The van der Waals surface area contributed by atoms with Crippen LogP contribution in [0.3, 0.4) is 0 Å². The average molecular weight is 550 g/mol. The van der Waals surface area contributed by atoms with Crippen LogP contribution in [0.5, 0.6) is 0 Å². The van der Waals surface area contributed by atoms with E-state index in [1.54, 1.807) is 17.8 Å². The number of nitrogens with one attached hydrogen (secondary N) is 4. The molecule has 3 rings (SSSR count). The number of hydrogen-bond acceptors (Lipinski definition) is 7. The van der Waals surface area contributed by atoms with Crippen LogP contribution < -0.4 is 21.3 Å². The summed E-state index contributed by atoms with van der Waals surface area (Å²) in [5, 5.41) is 12.5. The first kappa shape index (κ1) is 29.9. The molecule has 37 heavy (non-hydrogen) atoms. The summed E-state index contributed by atoms with van der Waals surface area (Å²) in [6.45, 7) is 7.00. The van der Waals surface area contributed by atoms with E-state index in [4.69, 9.17) is 11.6 Å². The van der Waals surface area contributed by atoms with Crippen molar-refractivity contribution in [3.63, 3.8) is 0 Å². The van der Waals surface area contributed by atoms with Crippen LogP contribution in [0.15, 0.2) is 29.1 Å². The van der Waals surface area contributed by atoms with Crippen LogP contribution >= 0.6 is 22.9 Å². The van der Waals surface area contributed by atoms with E-state index in [-0.39, 0.29) is 35.1 Å². The molecule has 1 heterocycles. The van der Waals surface area contributed by atoms with Crippen molar-refractivity contribution < 1.29 is 24.0 Å². The Balaban J connectivity index is 0.000000521. The van der Waals surface area contributed by atoms with Gasteiger partial charge in [0.15, 0.2) is 0 Å². The number of benzene rings is 1. The fourth-order valence-corrected chi connectivity index (χ4v) is 3.70. The number of carbonyl (C=O) groups is 5. The Kier molecular flexibility index (Phi) is 11.7. The highest BCUT2D eigenvalue weighted by atomic mass is 35.5. The Hall–Kier alpha value is -3.31. The SMILES string of the molecule is CC(C(=O)Nc1ccc(Cl)cc1C(=O)NCC(=O)C(=O)NC1CC1)c1cscn1.CCC(=O)NC(C)C. The smallest absolute Gasteiger partial charge is 0.289 e. The Bertz CT molecular complexity index is 1120. The van der Waals surface area contributed by atoms with Gasteiger partial charge in [-0.1, -0.05) is 18.5 Å². The second kappa shape index (κ2) is 14.4. The van der Waals surface area contributed by atoms with Gasteiger partial charge in [-0.3, -0.25) is 24.0 Å². The summed E-state index contributed by atoms with van der Waals surface area (Å²) < 4.78 is 0. The van der Waals surface area contributed by atoms with Gasteiger partial charge in [0.05, 0.1) is 34.9 Å². The predicted molar refractivity (Wildman–Crippen MR) is 143 cm³/mol. The molecule has 0 saturated heterocycles. The molecule has 200 valence electrons. The third kappa shape index (κ3) is 10.3. The quantitative estimate of drug-likeness (QED) is 0.335. The Morgan fingerprint density at radius 1 is 1.14 bits per heavy atom. The maximum absolute atomic E-state index is 12.5. The monoisotopic (exact) mass is 549 g/mol. The van der Waals surface area contributed by atoms with Crippen molar-refractivity contribution in [1.82, 2.24) is 20.9 Å². The van der Waals surface area contributed by atoms with Crippen molar-refractivity contribution in [3.05, 3.63) is 45.4 Å². The van der Waals surface area contributed by atoms with E-state index in [0.717, 1.165) is 12.8 Å². The number of hydrogen-bond donors (Lipinski definition) is 4.